The lowest BCUT2D eigenvalue weighted by molar-refractivity contribution is 0.649. The van der Waals surface area contributed by atoms with Gasteiger partial charge in [-0.15, -0.1) is 0 Å². The Bertz CT molecular complexity index is 449. The van der Waals surface area contributed by atoms with Gasteiger partial charge in [-0.2, -0.15) is 0 Å². The van der Waals surface area contributed by atoms with E-state index in [0.29, 0.717) is 0 Å². The standard InChI is InChI=1S/C14H17N/c1-8-3-4-11-9(2)7-13-12-6-5-10(8)14(11)15(12)13/h3-4,9,12-13H,5-7H2,1-2H3/t9-,12+,13?,15?/m1/s1. The average molecular weight is 199 g/mol. The lowest BCUT2D eigenvalue weighted by Crippen LogP contribution is -2.18. The summed E-state index contributed by atoms with van der Waals surface area (Å²) < 4.78 is 0. The number of anilines is 1. The SMILES string of the molecule is Cc1ccc2c3c1CC[C@H]1C(C[C@H]2C)N31. The van der Waals surface area contributed by atoms with Gasteiger partial charge >= 0.3 is 0 Å². The van der Waals surface area contributed by atoms with Crippen molar-refractivity contribution < 1.29 is 0 Å². The van der Waals surface area contributed by atoms with Crippen LogP contribution in [0.1, 0.15) is 42.4 Å². The first kappa shape index (κ1) is 8.20. The second kappa shape index (κ2) is 2.40. The first-order valence-corrected chi connectivity index (χ1v) is 6.18. The molecule has 0 saturated carbocycles. The predicted molar refractivity (Wildman–Crippen MR) is 62.6 cm³/mol. The lowest BCUT2D eigenvalue weighted by Gasteiger charge is -2.28. The van der Waals surface area contributed by atoms with Gasteiger partial charge in [-0.25, -0.2) is 0 Å². The summed E-state index contributed by atoms with van der Waals surface area (Å²) in [5.74, 6) is 0.781. The van der Waals surface area contributed by atoms with Crippen LogP contribution in [-0.4, -0.2) is 12.1 Å². The van der Waals surface area contributed by atoms with E-state index in [1.165, 1.54) is 24.8 Å². The minimum absolute atomic E-state index is 0.781. The summed E-state index contributed by atoms with van der Waals surface area (Å²) in [5, 5.41) is 0. The Morgan fingerprint density at radius 2 is 2.13 bits per heavy atom. The summed E-state index contributed by atoms with van der Waals surface area (Å²) in [6, 6.07) is 6.50. The zero-order valence-corrected chi connectivity index (χ0v) is 9.46. The quantitative estimate of drug-likeness (QED) is 0.580. The van der Waals surface area contributed by atoms with Gasteiger partial charge in [0.15, 0.2) is 0 Å². The van der Waals surface area contributed by atoms with Crippen LogP contribution in [0.3, 0.4) is 0 Å². The van der Waals surface area contributed by atoms with Crippen molar-refractivity contribution in [3.05, 3.63) is 28.8 Å². The van der Waals surface area contributed by atoms with Gasteiger partial charge in [-0.1, -0.05) is 19.1 Å². The van der Waals surface area contributed by atoms with E-state index in [1.54, 1.807) is 16.8 Å². The largest absolute Gasteiger partial charge is 0.361 e. The molecule has 0 aliphatic carbocycles. The molecule has 0 N–H and O–H groups in total. The van der Waals surface area contributed by atoms with Crippen molar-refractivity contribution in [2.75, 3.05) is 4.90 Å². The normalized spacial score (nSPS) is 35.1. The molecule has 3 atom stereocenters. The first-order chi connectivity index (χ1) is 7.27. The average Bonchev–Trinajstić information content (AvgIpc) is 2.93. The number of rotatable bonds is 0. The van der Waals surface area contributed by atoms with Gasteiger partial charge in [0.2, 0.25) is 0 Å². The highest BCUT2D eigenvalue weighted by molar-refractivity contribution is 5.73. The van der Waals surface area contributed by atoms with E-state index in [0.717, 1.165) is 18.0 Å². The maximum Gasteiger partial charge on any atom is 0.0503 e. The Morgan fingerprint density at radius 3 is 3.00 bits per heavy atom. The van der Waals surface area contributed by atoms with E-state index < -0.39 is 0 Å². The molecule has 0 amide bonds. The van der Waals surface area contributed by atoms with Gasteiger partial charge in [0.1, 0.15) is 0 Å². The first-order valence-electron chi connectivity index (χ1n) is 6.18. The number of hydrogen-bond donors (Lipinski definition) is 0. The van der Waals surface area contributed by atoms with Crippen LogP contribution < -0.4 is 4.90 Å². The van der Waals surface area contributed by atoms with Crippen molar-refractivity contribution in [2.24, 2.45) is 0 Å². The highest BCUT2D eigenvalue weighted by atomic mass is 15.4. The molecule has 1 aromatic carbocycles. The Morgan fingerprint density at radius 1 is 1.27 bits per heavy atom. The molecule has 15 heavy (non-hydrogen) atoms. The van der Waals surface area contributed by atoms with Gasteiger partial charge in [0, 0.05) is 5.69 Å². The van der Waals surface area contributed by atoms with Crippen LogP contribution in [0.25, 0.3) is 0 Å². The molecule has 0 bridgehead atoms. The Kier molecular flexibility index (Phi) is 1.31. The fraction of sp³-hybridized carbons (Fsp3) is 0.571. The van der Waals surface area contributed by atoms with Gasteiger partial charge in [0.05, 0.1) is 12.1 Å². The molecule has 3 heterocycles. The van der Waals surface area contributed by atoms with E-state index in [-0.39, 0.29) is 0 Å². The van der Waals surface area contributed by atoms with Crippen LogP contribution in [0.5, 0.6) is 0 Å². The van der Waals surface area contributed by atoms with Crippen LogP contribution in [-0.2, 0) is 6.42 Å². The second-order valence-corrected chi connectivity index (χ2v) is 5.52. The van der Waals surface area contributed by atoms with Crippen LogP contribution in [0.4, 0.5) is 5.69 Å². The van der Waals surface area contributed by atoms with E-state index in [2.05, 4.69) is 30.9 Å². The summed E-state index contributed by atoms with van der Waals surface area (Å²) in [4.78, 5) is 2.70. The van der Waals surface area contributed by atoms with Crippen molar-refractivity contribution in [1.29, 1.82) is 0 Å². The van der Waals surface area contributed by atoms with Gasteiger partial charge in [-0.3, -0.25) is 0 Å². The molecule has 0 aromatic heterocycles. The van der Waals surface area contributed by atoms with Gasteiger partial charge in [-0.05, 0) is 48.8 Å². The molecule has 0 radical (unpaired) electrons. The number of nitrogens with zero attached hydrogens (tertiary/aromatic N) is 1. The molecule has 3 aliphatic rings. The monoisotopic (exact) mass is 199 g/mol. The summed E-state index contributed by atoms with van der Waals surface area (Å²) in [6.07, 6.45) is 4.11. The zero-order chi connectivity index (χ0) is 10.2. The summed E-state index contributed by atoms with van der Waals surface area (Å²) in [6.45, 7) is 4.67. The molecule has 78 valence electrons. The zero-order valence-electron chi connectivity index (χ0n) is 9.46. The Hall–Kier alpha value is -0.980. The molecule has 3 aliphatic heterocycles. The number of benzene rings is 1. The molecule has 1 saturated heterocycles. The maximum absolute atomic E-state index is 2.70. The number of fused-ring (bicyclic) bond motifs is 1. The highest BCUT2D eigenvalue weighted by Gasteiger charge is 2.54. The predicted octanol–water partition coefficient (Wildman–Crippen LogP) is 3.01. The fourth-order valence-electron chi connectivity index (χ4n) is 3.82. The second-order valence-electron chi connectivity index (χ2n) is 5.52. The Labute approximate surface area is 91.1 Å². The topological polar surface area (TPSA) is 3.01 Å². The lowest BCUT2D eigenvalue weighted by atomic mass is 9.88. The molecule has 1 heteroatoms. The third kappa shape index (κ3) is 0.854. The van der Waals surface area contributed by atoms with Crippen molar-refractivity contribution in [3.63, 3.8) is 0 Å². The number of hydrogen-bond acceptors (Lipinski definition) is 1. The maximum atomic E-state index is 2.70. The third-order valence-corrected chi connectivity index (χ3v) is 4.69. The van der Waals surface area contributed by atoms with Crippen LogP contribution in [0, 0.1) is 6.92 Å². The van der Waals surface area contributed by atoms with Crippen molar-refractivity contribution in [1.82, 2.24) is 0 Å². The third-order valence-electron chi connectivity index (χ3n) is 4.69. The van der Waals surface area contributed by atoms with Crippen molar-refractivity contribution in [2.45, 2.75) is 51.1 Å². The van der Waals surface area contributed by atoms with Gasteiger partial charge in [0.25, 0.3) is 0 Å². The fourth-order valence-corrected chi connectivity index (χ4v) is 3.82. The summed E-state index contributed by atoms with van der Waals surface area (Å²) in [5.41, 5.74) is 6.41. The van der Waals surface area contributed by atoms with Crippen molar-refractivity contribution in [3.8, 4) is 0 Å². The molecule has 1 nitrogen and oxygen atoms in total. The van der Waals surface area contributed by atoms with Crippen LogP contribution >= 0.6 is 0 Å². The smallest absolute Gasteiger partial charge is 0.0503 e. The molecule has 1 aromatic rings. The van der Waals surface area contributed by atoms with E-state index in [9.17, 15) is 0 Å². The summed E-state index contributed by atoms with van der Waals surface area (Å²) in [7, 11) is 0. The van der Waals surface area contributed by atoms with E-state index in [4.69, 9.17) is 0 Å². The number of aryl methyl sites for hydroxylation is 1. The highest BCUT2D eigenvalue weighted by Crippen LogP contribution is 2.55. The van der Waals surface area contributed by atoms with Crippen molar-refractivity contribution >= 4 is 5.69 Å². The molecular weight excluding hydrogens is 182 g/mol. The Balaban J connectivity index is 2.02. The summed E-state index contributed by atoms with van der Waals surface area (Å²) >= 11 is 0. The molecule has 1 fully saturated rings. The van der Waals surface area contributed by atoms with E-state index >= 15 is 0 Å². The van der Waals surface area contributed by atoms with Crippen LogP contribution in [0.15, 0.2) is 12.1 Å². The van der Waals surface area contributed by atoms with Gasteiger partial charge < -0.3 is 4.90 Å². The van der Waals surface area contributed by atoms with E-state index in [1.807, 2.05) is 0 Å². The molecule has 1 unspecified atom stereocenters. The minimum atomic E-state index is 0.781. The van der Waals surface area contributed by atoms with Crippen LogP contribution in [0.2, 0.25) is 0 Å². The molecular formula is C14H17N. The molecule has 0 spiro atoms. The minimum Gasteiger partial charge on any atom is -0.361 e. The molecule has 4 rings (SSSR count).